The molecule has 0 aliphatic heterocycles. The van der Waals surface area contributed by atoms with E-state index in [0.29, 0.717) is 13.0 Å². The molecule has 0 saturated heterocycles. The summed E-state index contributed by atoms with van der Waals surface area (Å²) in [5.74, 6) is -1.91. The van der Waals surface area contributed by atoms with Crippen LogP contribution in [-0.4, -0.2) is 29.5 Å². The van der Waals surface area contributed by atoms with Gasteiger partial charge in [-0.15, -0.1) is 11.8 Å². The molecule has 0 spiro atoms. The molecular weight excluding hydrogens is 258 g/mol. The van der Waals surface area contributed by atoms with Crippen molar-refractivity contribution in [2.75, 3.05) is 12.4 Å². The molecule has 1 atom stereocenters. The van der Waals surface area contributed by atoms with Gasteiger partial charge in [0.15, 0.2) is 0 Å². The second kappa shape index (κ2) is 9.59. The van der Waals surface area contributed by atoms with Gasteiger partial charge in [-0.2, -0.15) is 0 Å². The molecule has 0 fully saturated rings. The van der Waals surface area contributed by atoms with Gasteiger partial charge in [0.1, 0.15) is 0 Å². The van der Waals surface area contributed by atoms with Gasteiger partial charge in [0.2, 0.25) is 5.92 Å². The Morgan fingerprint density at radius 1 is 1.33 bits per heavy atom. The summed E-state index contributed by atoms with van der Waals surface area (Å²) in [5.41, 5.74) is 0. The maximum Gasteiger partial charge on any atom is 0.318 e. The van der Waals surface area contributed by atoms with Crippen LogP contribution in [0.4, 0.5) is 8.78 Å². The third-order valence-electron chi connectivity index (χ3n) is 2.41. The Morgan fingerprint density at radius 3 is 2.56 bits per heavy atom. The zero-order valence-corrected chi connectivity index (χ0v) is 12.3. The first kappa shape index (κ1) is 17.7. The van der Waals surface area contributed by atoms with Crippen LogP contribution in [0.1, 0.15) is 52.9 Å². The van der Waals surface area contributed by atoms with E-state index in [1.165, 1.54) is 11.8 Å². The summed E-state index contributed by atoms with van der Waals surface area (Å²) in [6.07, 6.45) is 2.97. The van der Waals surface area contributed by atoms with Gasteiger partial charge in [-0.25, -0.2) is 8.78 Å². The van der Waals surface area contributed by atoms with E-state index < -0.39 is 5.92 Å². The molecule has 0 bridgehead atoms. The molecule has 1 unspecified atom stereocenters. The summed E-state index contributed by atoms with van der Waals surface area (Å²) in [5, 5.41) is -0.163. The molecule has 0 N–H and O–H groups in total. The van der Waals surface area contributed by atoms with Crippen molar-refractivity contribution in [1.29, 1.82) is 0 Å². The minimum Gasteiger partial charge on any atom is -0.465 e. The van der Waals surface area contributed by atoms with E-state index in [1.54, 1.807) is 0 Å². The lowest BCUT2D eigenvalue weighted by atomic mass is 10.1. The Hall–Kier alpha value is -0.320. The minimum atomic E-state index is -2.55. The highest BCUT2D eigenvalue weighted by Gasteiger charge is 2.19. The molecule has 2 nitrogen and oxygen atoms in total. The predicted octanol–water partition coefficient (Wildman–Crippen LogP) is 4.28. The van der Waals surface area contributed by atoms with Crippen molar-refractivity contribution in [3.05, 3.63) is 0 Å². The molecular formula is C13H24F2O2S. The molecule has 108 valence electrons. The van der Waals surface area contributed by atoms with Crippen LogP contribution in [0.3, 0.4) is 0 Å². The van der Waals surface area contributed by atoms with Crippen molar-refractivity contribution in [1.82, 2.24) is 0 Å². The predicted molar refractivity (Wildman–Crippen MR) is 72.3 cm³/mol. The topological polar surface area (TPSA) is 26.3 Å². The fourth-order valence-electron chi connectivity index (χ4n) is 1.36. The molecule has 0 aromatic rings. The third-order valence-corrected chi connectivity index (χ3v) is 3.63. The quantitative estimate of drug-likeness (QED) is 0.442. The average molecular weight is 282 g/mol. The highest BCUT2D eigenvalue weighted by Crippen LogP contribution is 2.21. The zero-order valence-electron chi connectivity index (χ0n) is 11.5. The van der Waals surface area contributed by atoms with Gasteiger partial charge in [0.25, 0.3) is 0 Å². The molecule has 0 aliphatic rings. The number of carbonyl (C=O) groups excluding carboxylic acids is 1. The van der Waals surface area contributed by atoms with E-state index in [2.05, 4.69) is 0 Å². The van der Waals surface area contributed by atoms with Gasteiger partial charge < -0.3 is 4.74 Å². The maximum absolute atomic E-state index is 12.5. The van der Waals surface area contributed by atoms with E-state index in [-0.39, 0.29) is 17.6 Å². The van der Waals surface area contributed by atoms with Crippen LogP contribution in [0.15, 0.2) is 0 Å². The molecule has 0 aromatic carbocycles. The Bertz CT molecular complexity index is 230. The monoisotopic (exact) mass is 282 g/mol. The molecule has 0 heterocycles. The number of halogens is 2. The first-order valence-corrected chi connectivity index (χ1v) is 7.57. The number of esters is 1. The highest BCUT2D eigenvalue weighted by atomic mass is 32.2. The number of hydrogen-bond donors (Lipinski definition) is 0. The number of ether oxygens (including phenoxy) is 1. The fourth-order valence-corrected chi connectivity index (χ4v) is 2.29. The Morgan fingerprint density at radius 2 is 2.00 bits per heavy atom. The number of carbonyl (C=O) groups is 1. The van der Waals surface area contributed by atoms with Gasteiger partial charge >= 0.3 is 5.97 Å². The van der Waals surface area contributed by atoms with E-state index in [4.69, 9.17) is 4.74 Å². The molecule has 0 aliphatic carbocycles. The van der Waals surface area contributed by atoms with E-state index in [0.717, 1.165) is 31.9 Å². The largest absolute Gasteiger partial charge is 0.465 e. The fraction of sp³-hybridized carbons (Fsp3) is 0.923. The Labute approximate surface area is 113 Å². The number of alkyl halides is 2. The summed E-state index contributed by atoms with van der Waals surface area (Å²) in [7, 11) is 0. The second-order valence-corrected chi connectivity index (χ2v) is 6.01. The molecule has 5 heteroatoms. The Kier molecular flexibility index (Phi) is 9.42. The van der Waals surface area contributed by atoms with E-state index in [9.17, 15) is 13.6 Å². The zero-order chi connectivity index (χ0) is 14.0. The van der Waals surface area contributed by atoms with Crippen LogP contribution in [-0.2, 0) is 9.53 Å². The second-order valence-electron chi connectivity index (χ2n) is 4.56. The smallest absolute Gasteiger partial charge is 0.318 e. The first-order chi connectivity index (χ1) is 8.37. The molecule has 0 aromatic heterocycles. The van der Waals surface area contributed by atoms with Crippen molar-refractivity contribution in [2.45, 2.75) is 64.0 Å². The van der Waals surface area contributed by atoms with Gasteiger partial charge in [-0.1, -0.05) is 13.3 Å². The molecule has 0 amide bonds. The maximum atomic E-state index is 12.5. The Balaban J connectivity index is 3.45. The van der Waals surface area contributed by atoms with Gasteiger partial charge in [0, 0.05) is 6.42 Å². The van der Waals surface area contributed by atoms with Crippen molar-refractivity contribution in [2.24, 2.45) is 0 Å². The van der Waals surface area contributed by atoms with Crippen LogP contribution < -0.4 is 0 Å². The van der Waals surface area contributed by atoms with Crippen molar-refractivity contribution < 1.29 is 18.3 Å². The average Bonchev–Trinajstić information content (AvgIpc) is 2.28. The summed E-state index contributed by atoms with van der Waals surface area (Å²) in [6.45, 7) is 5.19. The highest BCUT2D eigenvalue weighted by molar-refractivity contribution is 8.00. The lowest BCUT2D eigenvalue weighted by Gasteiger charge is -2.11. The SMILES string of the molecule is CCCOC(=O)C(C)SCCCCCC(C)(F)F. The summed E-state index contributed by atoms with van der Waals surface area (Å²) in [6, 6.07) is 0. The molecule has 0 saturated carbocycles. The lowest BCUT2D eigenvalue weighted by molar-refractivity contribution is -0.142. The minimum absolute atomic E-state index is 0.0498. The van der Waals surface area contributed by atoms with Crippen LogP contribution in [0.5, 0.6) is 0 Å². The summed E-state index contributed by atoms with van der Waals surface area (Å²) >= 11 is 1.53. The summed E-state index contributed by atoms with van der Waals surface area (Å²) < 4.78 is 30.1. The van der Waals surface area contributed by atoms with Crippen molar-refractivity contribution in [3.63, 3.8) is 0 Å². The van der Waals surface area contributed by atoms with Crippen LogP contribution in [0.2, 0.25) is 0 Å². The molecule has 0 radical (unpaired) electrons. The lowest BCUT2D eigenvalue weighted by Crippen LogP contribution is -2.17. The number of thioether (sulfide) groups is 1. The van der Waals surface area contributed by atoms with Crippen molar-refractivity contribution in [3.8, 4) is 0 Å². The van der Waals surface area contributed by atoms with Crippen LogP contribution in [0, 0.1) is 0 Å². The third kappa shape index (κ3) is 10.8. The van der Waals surface area contributed by atoms with Gasteiger partial charge in [0.05, 0.1) is 11.9 Å². The number of rotatable bonds is 10. The standard InChI is InChI=1S/C13H24F2O2S/c1-4-9-17-12(16)11(2)18-10-7-5-6-8-13(3,14)15/h11H,4-10H2,1-3H3. The van der Waals surface area contributed by atoms with Crippen LogP contribution in [0.25, 0.3) is 0 Å². The van der Waals surface area contributed by atoms with E-state index >= 15 is 0 Å². The normalized spacial score (nSPS) is 13.4. The first-order valence-electron chi connectivity index (χ1n) is 6.53. The molecule has 18 heavy (non-hydrogen) atoms. The van der Waals surface area contributed by atoms with Crippen molar-refractivity contribution >= 4 is 17.7 Å². The van der Waals surface area contributed by atoms with E-state index in [1.807, 2.05) is 13.8 Å². The van der Waals surface area contributed by atoms with Gasteiger partial charge in [-0.3, -0.25) is 4.79 Å². The molecule has 0 rings (SSSR count). The van der Waals surface area contributed by atoms with Gasteiger partial charge in [-0.05, 0) is 38.9 Å². The van der Waals surface area contributed by atoms with Crippen LogP contribution >= 0.6 is 11.8 Å². The number of unbranched alkanes of at least 4 members (excludes halogenated alkanes) is 2. The summed E-state index contributed by atoms with van der Waals surface area (Å²) in [4.78, 5) is 11.4. The number of hydrogen-bond acceptors (Lipinski definition) is 3.